The van der Waals surface area contributed by atoms with Gasteiger partial charge in [0.05, 0.1) is 28.4 Å². The molecule has 0 aliphatic rings. The van der Waals surface area contributed by atoms with E-state index in [2.05, 4.69) is 0 Å². The van der Waals surface area contributed by atoms with Crippen LogP contribution in [0.15, 0.2) is 97.1 Å². The van der Waals surface area contributed by atoms with Crippen LogP contribution in [0.25, 0.3) is 0 Å². The van der Waals surface area contributed by atoms with Gasteiger partial charge in [0.25, 0.3) is 0 Å². The zero-order chi connectivity index (χ0) is 28.9. The topological polar surface area (TPSA) is 73.8 Å². The molecule has 216 valence electrons. The number of rotatable bonds is 16. The van der Waals surface area contributed by atoms with Crippen molar-refractivity contribution < 1.29 is 37.6 Å². The Kier molecular flexibility index (Phi) is 11.0. The smallest absolute Gasteiger partial charge is 0.515 e. The first-order chi connectivity index (χ1) is 20.1. The van der Waals surface area contributed by atoms with Crippen molar-refractivity contribution in [2.75, 3.05) is 28.4 Å². The second-order valence-corrected chi connectivity index (χ2v) is 9.07. The molecule has 4 aromatic rings. The van der Waals surface area contributed by atoms with Crippen LogP contribution in [0.4, 0.5) is 0 Å². The lowest BCUT2D eigenvalue weighted by Gasteiger charge is -2.41. The molecule has 0 saturated heterocycles. The van der Waals surface area contributed by atoms with E-state index in [9.17, 15) is 0 Å². The Bertz CT molecular complexity index is 1170. The summed E-state index contributed by atoms with van der Waals surface area (Å²) in [6, 6.07) is 30.4. The predicted molar refractivity (Wildman–Crippen MR) is 157 cm³/mol. The Hall–Kier alpha value is -4.02. The molecule has 4 rings (SSSR count). The van der Waals surface area contributed by atoms with Crippen molar-refractivity contribution in [1.29, 1.82) is 0 Å². The van der Waals surface area contributed by atoms with Gasteiger partial charge in [-0.25, -0.2) is 0 Å². The van der Waals surface area contributed by atoms with Crippen molar-refractivity contribution in [1.82, 2.24) is 0 Å². The summed E-state index contributed by atoms with van der Waals surface area (Å²) in [4.78, 5) is 0. The second kappa shape index (κ2) is 15.1. The van der Waals surface area contributed by atoms with Gasteiger partial charge in [-0.15, -0.1) is 0 Å². The molecule has 0 atom stereocenters. The van der Waals surface area contributed by atoms with Gasteiger partial charge in [-0.3, -0.25) is 0 Å². The minimum Gasteiger partial charge on any atom is -0.515 e. The SMILES string of the molecule is COc1ccccc1CO[B-](OCc1ccccc1OC)(OCc1ccccc1OC)OCc1ccccc1OC. The van der Waals surface area contributed by atoms with E-state index in [1.807, 2.05) is 97.1 Å². The van der Waals surface area contributed by atoms with Gasteiger partial charge in [-0.2, -0.15) is 0 Å². The lowest BCUT2D eigenvalue weighted by molar-refractivity contribution is -0.0528. The minimum absolute atomic E-state index is 0.105. The molecular weight excluding hydrogens is 523 g/mol. The number of benzene rings is 4. The van der Waals surface area contributed by atoms with Crippen LogP contribution in [0.1, 0.15) is 22.3 Å². The van der Waals surface area contributed by atoms with E-state index in [0.717, 1.165) is 22.3 Å². The maximum absolute atomic E-state index is 6.44. The Labute approximate surface area is 241 Å². The zero-order valence-electron chi connectivity index (χ0n) is 23.9. The third kappa shape index (κ3) is 8.02. The molecule has 0 bridgehead atoms. The summed E-state index contributed by atoms with van der Waals surface area (Å²) in [6.07, 6.45) is 0. The van der Waals surface area contributed by atoms with Gasteiger partial charge in [0, 0.05) is 48.7 Å². The highest BCUT2D eigenvalue weighted by Crippen LogP contribution is 2.29. The molecule has 0 aliphatic carbocycles. The Morgan fingerprint density at radius 3 is 0.805 bits per heavy atom. The van der Waals surface area contributed by atoms with Crippen LogP contribution in [0.3, 0.4) is 0 Å². The first-order valence-electron chi connectivity index (χ1n) is 13.3. The first kappa shape index (κ1) is 30.0. The van der Waals surface area contributed by atoms with E-state index in [4.69, 9.17) is 37.6 Å². The largest absolute Gasteiger partial charge is 0.532 e. The van der Waals surface area contributed by atoms with Gasteiger partial charge >= 0.3 is 6.96 Å². The number of para-hydroxylation sites is 4. The molecule has 8 nitrogen and oxygen atoms in total. The zero-order valence-corrected chi connectivity index (χ0v) is 23.9. The lowest BCUT2D eigenvalue weighted by Crippen LogP contribution is -2.48. The normalized spacial score (nSPS) is 11.2. The van der Waals surface area contributed by atoms with Gasteiger partial charge in [0.1, 0.15) is 23.0 Å². The van der Waals surface area contributed by atoms with Gasteiger partial charge in [0.15, 0.2) is 0 Å². The minimum atomic E-state index is -2.82. The van der Waals surface area contributed by atoms with Gasteiger partial charge in [0.2, 0.25) is 0 Å². The molecule has 0 saturated carbocycles. The van der Waals surface area contributed by atoms with E-state index in [0.29, 0.717) is 23.0 Å². The van der Waals surface area contributed by atoms with Crippen LogP contribution in [-0.2, 0) is 45.0 Å². The summed E-state index contributed by atoms with van der Waals surface area (Å²) in [5.41, 5.74) is 3.24. The number of methoxy groups -OCH3 is 4. The van der Waals surface area contributed by atoms with E-state index in [1.165, 1.54) is 0 Å². The molecule has 0 spiro atoms. The van der Waals surface area contributed by atoms with E-state index in [1.54, 1.807) is 28.4 Å². The van der Waals surface area contributed by atoms with Crippen LogP contribution in [0, 0.1) is 0 Å². The first-order valence-corrected chi connectivity index (χ1v) is 13.3. The highest BCUT2D eigenvalue weighted by Gasteiger charge is 2.34. The van der Waals surface area contributed by atoms with E-state index < -0.39 is 6.96 Å². The summed E-state index contributed by atoms with van der Waals surface area (Å²) < 4.78 is 47.9. The Balaban J connectivity index is 1.69. The van der Waals surface area contributed by atoms with Gasteiger partial charge in [-0.1, -0.05) is 72.8 Å². The van der Waals surface area contributed by atoms with Crippen molar-refractivity contribution in [3.8, 4) is 23.0 Å². The number of ether oxygens (including phenoxy) is 4. The van der Waals surface area contributed by atoms with Crippen LogP contribution in [-0.4, -0.2) is 35.4 Å². The lowest BCUT2D eigenvalue weighted by atomic mass is 10.0. The van der Waals surface area contributed by atoms with Gasteiger partial charge in [-0.05, 0) is 24.3 Å². The summed E-state index contributed by atoms with van der Waals surface area (Å²) in [6.45, 7) is -2.40. The number of hydrogen-bond donors (Lipinski definition) is 0. The molecule has 0 N–H and O–H groups in total. The van der Waals surface area contributed by atoms with Crippen LogP contribution in [0.5, 0.6) is 23.0 Å². The fraction of sp³-hybridized carbons (Fsp3) is 0.250. The predicted octanol–water partition coefficient (Wildman–Crippen LogP) is 6.32. The molecule has 0 aromatic heterocycles. The van der Waals surface area contributed by atoms with Crippen molar-refractivity contribution in [3.63, 3.8) is 0 Å². The van der Waals surface area contributed by atoms with Crippen LogP contribution >= 0.6 is 0 Å². The van der Waals surface area contributed by atoms with Crippen LogP contribution < -0.4 is 18.9 Å². The Morgan fingerprint density at radius 2 is 0.585 bits per heavy atom. The standard InChI is InChI=1S/C32H36BO8/c1-34-29-17-9-5-13-25(29)21-38-33(39-22-26-14-6-10-18-30(26)35-2,40-23-27-15-7-11-19-31(27)36-3)41-24-28-16-8-12-20-32(28)37-4/h5-20H,21-24H2,1-4H3/q-1. The monoisotopic (exact) mass is 559 g/mol. The Morgan fingerprint density at radius 1 is 0.366 bits per heavy atom. The van der Waals surface area contributed by atoms with Crippen LogP contribution in [0.2, 0.25) is 0 Å². The van der Waals surface area contributed by atoms with Crippen molar-refractivity contribution in [2.45, 2.75) is 26.4 Å². The summed E-state index contributed by atoms with van der Waals surface area (Å²) in [5, 5.41) is 0. The molecular formula is C32H36BO8-. The fourth-order valence-electron chi connectivity index (χ4n) is 4.34. The van der Waals surface area contributed by atoms with Crippen molar-refractivity contribution >= 4 is 6.96 Å². The summed E-state index contributed by atoms with van der Waals surface area (Å²) >= 11 is 0. The molecule has 41 heavy (non-hydrogen) atoms. The number of hydrogen-bond acceptors (Lipinski definition) is 8. The third-order valence-electron chi connectivity index (χ3n) is 6.54. The molecule has 0 heterocycles. The molecule has 0 radical (unpaired) electrons. The fourth-order valence-corrected chi connectivity index (χ4v) is 4.34. The highest BCUT2D eigenvalue weighted by molar-refractivity contribution is 6.53. The molecule has 4 aromatic carbocycles. The van der Waals surface area contributed by atoms with Gasteiger partial charge < -0.3 is 37.6 Å². The average Bonchev–Trinajstić information content (AvgIpc) is 3.04. The molecule has 9 heteroatoms. The summed E-state index contributed by atoms with van der Waals surface area (Å²) in [5.74, 6) is 2.71. The van der Waals surface area contributed by atoms with Crippen molar-refractivity contribution in [3.05, 3.63) is 119 Å². The summed E-state index contributed by atoms with van der Waals surface area (Å²) in [7, 11) is 6.47. The maximum atomic E-state index is 6.44. The average molecular weight is 559 g/mol. The third-order valence-corrected chi connectivity index (χ3v) is 6.54. The molecule has 0 amide bonds. The maximum Gasteiger partial charge on any atom is 0.532 e. The van der Waals surface area contributed by atoms with E-state index in [-0.39, 0.29) is 26.4 Å². The molecule has 0 unspecified atom stereocenters. The van der Waals surface area contributed by atoms with E-state index >= 15 is 0 Å². The quantitative estimate of drug-likeness (QED) is 0.148. The highest BCUT2D eigenvalue weighted by atomic mass is 16.9. The van der Waals surface area contributed by atoms with Crippen molar-refractivity contribution in [2.24, 2.45) is 0 Å². The molecule has 0 aliphatic heterocycles. The second-order valence-electron chi connectivity index (χ2n) is 9.07. The molecule has 0 fully saturated rings.